The third kappa shape index (κ3) is 5.08. The molecule has 0 aliphatic carbocycles. The number of rotatable bonds is 10. The average Bonchev–Trinajstić information content (AvgIpc) is 3.67. The van der Waals surface area contributed by atoms with Crippen molar-refractivity contribution in [3.05, 3.63) is 16.9 Å². The minimum absolute atomic E-state index is 0.00851. The molecule has 4 aliphatic rings. The Bertz CT molecular complexity index is 1180. The number of aliphatic hydroxyl groups is 1. The maximum Gasteiger partial charge on any atom is 0.353 e. The Morgan fingerprint density at radius 1 is 1.31 bits per heavy atom. The number of carboxylic acids is 1. The molecule has 5 heterocycles. The molecule has 15 heteroatoms. The summed E-state index contributed by atoms with van der Waals surface area (Å²) in [6.07, 6.45) is 1.40. The molecule has 0 bridgehead atoms. The van der Waals surface area contributed by atoms with Gasteiger partial charge in [0.2, 0.25) is 11.8 Å². The number of fused-ring (bicyclic) bond motifs is 1. The van der Waals surface area contributed by atoms with Crippen LogP contribution in [0.5, 0.6) is 0 Å². The number of β-amino-alcohol motifs (C(OH)–C–C–N with tert-alkyl or cyclic N) is 1. The molecule has 5 N–H and O–H groups in total. The van der Waals surface area contributed by atoms with Crippen LogP contribution in [0.3, 0.4) is 0 Å². The SMILES string of the molecule is C[C@@H](CC(=O)Cn1cnnn1)[C@H]1C(=O)N2C(C(=O)O)=C(S[C@@H]3CNC(C(=O)N4CC(O)C(CN)C4)C3)[C@H](C)[C@H]12. The zero-order valence-electron chi connectivity index (χ0n) is 21.8. The van der Waals surface area contributed by atoms with Gasteiger partial charge in [0, 0.05) is 48.0 Å². The van der Waals surface area contributed by atoms with Crippen LogP contribution in [-0.2, 0) is 25.7 Å². The minimum Gasteiger partial charge on any atom is -0.477 e. The number of β-lactam (4-membered cyclic amide) rings is 1. The molecule has 8 atom stereocenters. The number of Topliss-reactive ketones (excluding diaryl/α,β-unsaturated/α-hetero) is 1. The van der Waals surface area contributed by atoms with Crippen LogP contribution >= 0.6 is 11.8 Å². The number of aliphatic carboxylic acids is 1. The van der Waals surface area contributed by atoms with Crippen LogP contribution in [0.25, 0.3) is 0 Å². The first kappa shape index (κ1) is 27.7. The number of tetrazole rings is 1. The second kappa shape index (κ2) is 10.9. The molecule has 1 aromatic heterocycles. The maximum absolute atomic E-state index is 13.2. The molecule has 0 saturated carbocycles. The summed E-state index contributed by atoms with van der Waals surface area (Å²) >= 11 is 1.42. The number of carboxylic acid groups (broad SMARTS) is 1. The van der Waals surface area contributed by atoms with E-state index in [1.54, 1.807) is 4.90 Å². The Morgan fingerprint density at radius 2 is 2.08 bits per heavy atom. The van der Waals surface area contributed by atoms with E-state index in [-0.39, 0.29) is 71.9 Å². The van der Waals surface area contributed by atoms with Gasteiger partial charge in [-0.1, -0.05) is 13.8 Å². The van der Waals surface area contributed by atoms with Crippen LogP contribution in [0.2, 0.25) is 0 Å². The molecule has 4 aliphatic heterocycles. The number of hydrogen-bond donors (Lipinski definition) is 4. The molecular weight excluding hydrogens is 528 g/mol. The van der Waals surface area contributed by atoms with E-state index in [2.05, 4.69) is 20.8 Å². The number of aromatic nitrogens is 4. The van der Waals surface area contributed by atoms with Gasteiger partial charge in [0.1, 0.15) is 18.6 Å². The fraction of sp³-hybridized carbons (Fsp3) is 0.708. The van der Waals surface area contributed by atoms with E-state index in [0.29, 0.717) is 31.0 Å². The van der Waals surface area contributed by atoms with Crippen LogP contribution in [0.15, 0.2) is 16.9 Å². The molecule has 2 amide bonds. The number of amides is 2. The van der Waals surface area contributed by atoms with Gasteiger partial charge in [-0.3, -0.25) is 14.4 Å². The molecule has 0 spiro atoms. The summed E-state index contributed by atoms with van der Waals surface area (Å²) in [7, 11) is 0. The number of carbonyl (C=O) groups is 4. The van der Waals surface area contributed by atoms with Crippen molar-refractivity contribution >= 4 is 35.3 Å². The van der Waals surface area contributed by atoms with Gasteiger partial charge in [0.15, 0.2) is 5.78 Å². The lowest BCUT2D eigenvalue weighted by atomic mass is 9.73. The van der Waals surface area contributed by atoms with E-state index >= 15 is 0 Å². The van der Waals surface area contributed by atoms with E-state index in [9.17, 15) is 29.4 Å². The molecule has 3 unspecified atom stereocenters. The standard InChI is InChI=1S/C24H34N8O6S/c1-11(3-14(33)8-31-10-27-28-29-31)18-19-12(2)21(20(24(37)38)32(19)23(18)36)39-15-4-16(26-6-15)22(35)30-7-13(5-25)17(34)9-30/h10-13,15-19,26,34H,3-9,25H2,1-2H3,(H,37,38)/t11-,12+,13?,15-,16?,17?,18+,19+/m0/s1. The van der Waals surface area contributed by atoms with E-state index in [1.807, 2.05) is 13.8 Å². The summed E-state index contributed by atoms with van der Waals surface area (Å²) in [5.41, 5.74) is 5.71. The predicted molar refractivity (Wildman–Crippen MR) is 137 cm³/mol. The highest BCUT2D eigenvalue weighted by atomic mass is 32.2. The van der Waals surface area contributed by atoms with Gasteiger partial charge >= 0.3 is 5.97 Å². The molecule has 39 heavy (non-hydrogen) atoms. The predicted octanol–water partition coefficient (Wildman–Crippen LogP) is -1.72. The second-order valence-corrected chi connectivity index (χ2v) is 12.3. The molecule has 1 aromatic rings. The third-order valence-electron chi connectivity index (χ3n) is 8.39. The van der Waals surface area contributed by atoms with E-state index < -0.39 is 24.0 Å². The zero-order chi connectivity index (χ0) is 28.0. The van der Waals surface area contributed by atoms with Gasteiger partial charge in [-0.25, -0.2) is 9.48 Å². The fourth-order valence-electron chi connectivity index (χ4n) is 6.40. The Hall–Kier alpha value is -2.88. The fourth-order valence-corrected chi connectivity index (χ4v) is 7.88. The van der Waals surface area contributed by atoms with Gasteiger partial charge < -0.3 is 31.1 Å². The first-order valence-corrected chi connectivity index (χ1v) is 14.1. The monoisotopic (exact) mass is 562 g/mol. The van der Waals surface area contributed by atoms with Crippen molar-refractivity contribution in [3.8, 4) is 0 Å². The summed E-state index contributed by atoms with van der Waals surface area (Å²) in [5, 5.41) is 34.1. The molecule has 3 saturated heterocycles. The molecule has 212 valence electrons. The number of hydrogen-bond acceptors (Lipinski definition) is 11. The van der Waals surface area contributed by atoms with Crippen LogP contribution < -0.4 is 11.1 Å². The number of nitrogens with one attached hydrogen (secondary N) is 1. The normalized spacial score (nSPS) is 32.9. The van der Waals surface area contributed by atoms with E-state index in [0.717, 1.165) is 0 Å². The number of nitrogens with two attached hydrogens (primary N) is 1. The van der Waals surface area contributed by atoms with Crippen molar-refractivity contribution in [1.82, 2.24) is 35.3 Å². The Balaban J connectivity index is 1.22. The number of likely N-dealkylation sites (tertiary alicyclic amines) is 1. The number of carbonyl (C=O) groups excluding carboxylic acids is 3. The molecule has 3 fully saturated rings. The van der Waals surface area contributed by atoms with Crippen molar-refractivity contribution in [2.24, 2.45) is 29.4 Å². The minimum atomic E-state index is -1.15. The first-order chi connectivity index (χ1) is 18.6. The van der Waals surface area contributed by atoms with E-state index in [1.165, 1.54) is 27.7 Å². The molecule has 5 rings (SSSR count). The zero-order valence-corrected chi connectivity index (χ0v) is 22.7. The van der Waals surface area contributed by atoms with Crippen LogP contribution in [0, 0.1) is 23.7 Å². The molecule has 14 nitrogen and oxygen atoms in total. The smallest absolute Gasteiger partial charge is 0.353 e. The van der Waals surface area contributed by atoms with Crippen molar-refractivity contribution in [2.75, 3.05) is 26.2 Å². The summed E-state index contributed by atoms with van der Waals surface area (Å²) in [5.74, 6) is -2.69. The Labute approximate surface area is 229 Å². The lowest BCUT2D eigenvalue weighted by Gasteiger charge is -2.47. The Kier molecular flexibility index (Phi) is 7.77. The lowest BCUT2D eigenvalue weighted by molar-refractivity contribution is -0.160. The molecular formula is C24H34N8O6S. The Morgan fingerprint density at radius 3 is 2.72 bits per heavy atom. The highest BCUT2D eigenvalue weighted by molar-refractivity contribution is 8.03. The number of ketones is 1. The van der Waals surface area contributed by atoms with Gasteiger partial charge in [-0.05, 0) is 29.3 Å². The summed E-state index contributed by atoms with van der Waals surface area (Å²) in [6.45, 7) is 5.30. The molecule has 0 radical (unpaired) electrons. The van der Waals surface area contributed by atoms with Crippen molar-refractivity contribution in [1.29, 1.82) is 0 Å². The summed E-state index contributed by atoms with van der Waals surface area (Å²) in [4.78, 5) is 54.7. The van der Waals surface area contributed by atoms with Crippen molar-refractivity contribution in [3.63, 3.8) is 0 Å². The lowest BCUT2D eigenvalue weighted by Crippen LogP contribution is -2.62. The second-order valence-electron chi connectivity index (χ2n) is 11.0. The largest absolute Gasteiger partial charge is 0.477 e. The quantitative estimate of drug-likeness (QED) is 0.236. The highest BCUT2D eigenvalue weighted by Gasteiger charge is 2.60. The number of aliphatic hydroxyl groups excluding tert-OH is 1. The number of nitrogens with zero attached hydrogens (tertiary/aromatic N) is 6. The highest BCUT2D eigenvalue weighted by Crippen LogP contribution is 2.53. The summed E-state index contributed by atoms with van der Waals surface area (Å²) < 4.78 is 1.33. The van der Waals surface area contributed by atoms with Crippen LogP contribution in [0.4, 0.5) is 0 Å². The van der Waals surface area contributed by atoms with Gasteiger partial charge in [0.05, 0.1) is 24.1 Å². The number of thioether (sulfide) groups is 1. The van der Waals surface area contributed by atoms with Crippen LogP contribution in [0.1, 0.15) is 26.7 Å². The maximum atomic E-state index is 13.2. The third-order valence-corrected chi connectivity index (χ3v) is 9.90. The van der Waals surface area contributed by atoms with E-state index in [4.69, 9.17) is 5.73 Å². The van der Waals surface area contributed by atoms with Gasteiger partial charge in [-0.15, -0.1) is 16.9 Å². The first-order valence-electron chi connectivity index (χ1n) is 13.2. The van der Waals surface area contributed by atoms with Crippen molar-refractivity contribution < 1.29 is 29.4 Å². The van der Waals surface area contributed by atoms with Gasteiger partial charge in [0.25, 0.3) is 0 Å². The summed E-state index contributed by atoms with van der Waals surface area (Å²) in [6, 6.07) is -0.748. The van der Waals surface area contributed by atoms with Gasteiger partial charge in [-0.2, -0.15) is 0 Å². The van der Waals surface area contributed by atoms with Crippen LogP contribution in [-0.4, -0.2) is 113 Å². The topological polar surface area (TPSA) is 197 Å². The molecule has 0 aromatic carbocycles. The average molecular weight is 563 g/mol. The van der Waals surface area contributed by atoms with Crippen molar-refractivity contribution in [2.45, 2.75) is 56.7 Å².